The highest BCUT2D eigenvalue weighted by Gasteiger charge is 2.01. The standard InChI is InChI=1S/C10H13N3O3/c1-16-10(14)12-8-4-2-7(3-5-8)6-9(11)13-15/h2-5,15H,6H2,1H3,(H2,11,13)(H,12,14). The molecular formula is C10H13N3O3. The van der Waals surface area contributed by atoms with Gasteiger partial charge in [0, 0.05) is 12.1 Å². The minimum Gasteiger partial charge on any atom is -0.453 e. The number of hydrogen-bond acceptors (Lipinski definition) is 4. The van der Waals surface area contributed by atoms with Gasteiger partial charge in [-0.15, -0.1) is 0 Å². The number of nitrogens with zero attached hydrogens (tertiary/aromatic N) is 1. The van der Waals surface area contributed by atoms with Gasteiger partial charge in [0.25, 0.3) is 0 Å². The molecule has 0 aliphatic carbocycles. The maximum absolute atomic E-state index is 10.9. The van der Waals surface area contributed by atoms with Crippen LogP contribution in [0.15, 0.2) is 29.4 Å². The van der Waals surface area contributed by atoms with Crippen molar-refractivity contribution in [3.8, 4) is 0 Å². The van der Waals surface area contributed by atoms with E-state index in [9.17, 15) is 4.79 Å². The van der Waals surface area contributed by atoms with E-state index in [2.05, 4.69) is 15.2 Å². The number of benzene rings is 1. The van der Waals surface area contributed by atoms with Gasteiger partial charge in [-0.3, -0.25) is 5.32 Å². The maximum Gasteiger partial charge on any atom is 0.411 e. The molecule has 1 aromatic carbocycles. The number of amidine groups is 1. The summed E-state index contributed by atoms with van der Waals surface area (Å²) in [6.07, 6.45) is -0.168. The Balaban J connectivity index is 2.64. The number of anilines is 1. The first-order chi connectivity index (χ1) is 7.65. The molecule has 1 amide bonds. The van der Waals surface area contributed by atoms with Gasteiger partial charge in [0.15, 0.2) is 0 Å². The van der Waals surface area contributed by atoms with Crippen molar-refractivity contribution in [2.45, 2.75) is 6.42 Å². The monoisotopic (exact) mass is 223 g/mol. The third kappa shape index (κ3) is 3.49. The first-order valence-corrected chi connectivity index (χ1v) is 4.56. The third-order valence-electron chi connectivity index (χ3n) is 1.90. The maximum atomic E-state index is 10.9. The van der Waals surface area contributed by atoms with Crippen LogP contribution >= 0.6 is 0 Å². The predicted molar refractivity (Wildman–Crippen MR) is 59.6 cm³/mol. The lowest BCUT2D eigenvalue weighted by molar-refractivity contribution is 0.187. The zero-order chi connectivity index (χ0) is 12.0. The van der Waals surface area contributed by atoms with Crippen LogP contribution in [0.1, 0.15) is 5.56 Å². The van der Waals surface area contributed by atoms with E-state index in [0.29, 0.717) is 12.1 Å². The summed E-state index contributed by atoms with van der Waals surface area (Å²) in [4.78, 5) is 10.9. The number of hydrogen-bond donors (Lipinski definition) is 3. The van der Waals surface area contributed by atoms with Crippen molar-refractivity contribution in [2.75, 3.05) is 12.4 Å². The average Bonchev–Trinajstić information content (AvgIpc) is 2.31. The molecule has 1 rings (SSSR count). The van der Waals surface area contributed by atoms with Gasteiger partial charge in [0.2, 0.25) is 0 Å². The summed E-state index contributed by atoms with van der Waals surface area (Å²) in [5, 5.41) is 13.8. The molecule has 86 valence electrons. The van der Waals surface area contributed by atoms with E-state index in [0.717, 1.165) is 5.56 Å². The number of nitrogens with two attached hydrogens (primary N) is 1. The summed E-state index contributed by atoms with van der Waals surface area (Å²) in [6.45, 7) is 0. The van der Waals surface area contributed by atoms with Crippen LogP contribution in [0.2, 0.25) is 0 Å². The van der Waals surface area contributed by atoms with E-state index in [4.69, 9.17) is 10.9 Å². The number of carbonyl (C=O) groups excluding carboxylic acids is 1. The zero-order valence-corrected chi connectivity index (χ0v) is 8.80. The van der Waals surface area contributed by atoms with Crippen LogP contribution in [0.3, 0.4) is 0 Å². The Morgan fingerprint density at radius 2 is 2.12 bits per heavy atom. The number of carbonyl (C=O) groups is 1. The van der Waals surface area contributed by atoms with Crippen LogP contribution in [-0.2, 0) is 11.2 Å². The molecule has 0 fully saturated rings. The van der Waals surface area contributed by atoms with Crippen LogP contribution in [0.5, 0.6) is 0 Å². The lowest BCUT2D eigenvalue weighted by Gasteiger charge is -2.04. The van der Waals surface area contributed by atoms with Crippen molar-refractivity contribution in [1.82, 2.24) is 0 Å². The number of oxime groups is 1. The Kier molecular flexibility index (Phi) is 4.14. The zero-order valence-electron chi connectivity index (χ0n) is 8.80. The van der Waals surface area contributed by atoms with Gasteiger partial charge < -0.3 is 15.7 Å². The van der Waals surface area contributed by atoms with E-state index < -0.39 is 6.09 Å². The molecule has 1 aromatic rings. The SMILES string of the molecule is COC(=O)Nc1ccc(CC(N)=NO)cc1. The molecule has 0 saturated carbocycles. The smallest absolute Gasteiger partial charge is 0.411 e. The van der Waals surface area contributed by atoms with E-state index >= 15 is 0 Å². The molecule has 0 atom stereocenters. The number of nitrogens with one attached hydrogen (secondary N) is 1. The molecule has 0 aliphatic heterocycles. The molecule has 0 heterocycles. The molecule has 0 aromatic heterocycles. The molecule has 6 heteroatoms. The van der Waals surface area contributed by atoms with Gasteiger partial charge in [-0.2, -0.15) is 0 Å². The van der Waals surface area contributed by atoms with E-state index in [-0.39, 0.29) is 5.84 Å². The Morgan fingerprint density at radius 3 is 2.62 bits per heavy atom. The molecule has 0 spiro atoms. The number of rotatable bonds is 3. The molecule has 0 radical (unpaired) electrons. The minimum atomic E-state index is -0.524. The topological polar surface area (TPSA) is 96.9 Å². The number of amides is 1. The van der Waals surface area contributed by atoms with Crippen molar-refractivity contribution in [3.05, 3.63) is 29.8 Å². The normalized spacial score (nSPS) is 10.9. The summed E-state index contributed by atoms with van der Waals surface area (Å²) in [7, 11) is 1.29. The fourth-order valence-electron chi connectivity index (χ4n) is 1.12. The van der Waals surface area contributed by atoms with Crippen molar-refractivity contribution >= 4 is 17.6 Å². The van der Waals surface area contributed by atoms with Crippen LogP contribution in [0.4, 0.5) is 10.5 Å². The van der Waals surface area contributed by atoms with Crippen LogP contribution in [-0.4, -0.2) is 24.2 Å². The summed E-state index contributed by atoms with van der Waals surface area (Å²) in [5.41, 5.74) is 6.86. The van der Waals surface area contributed by atoms with Gasteiger partial charge in [0.05, 0.1) is 7.11 Å². The molecule has 0 unspecified atom stereocenters. The van der Waals surface area contributed by atoms with Crippen LogP contribution < -0.4 is 11.1 Å². The lowest BCUT2D eigenvalue weighted by atomic mass is 10.1. The first kappa shape index (κ1) is 11.8. The molecule has 0 saturated heterocycles. The van der Waals surface area contributed by atoms with Gasteiger partial charge >= 0.3 is 6.09 Å². The summed E-state index contributed by atoms with van der Waals surface area (Å²) >= 11 is 0. The fourth-order valence-corrected chi connectivity index (χ4v) is 1.12. The van der Waals surface area contributed by atoms with Gasteiger partial charge in [-0.05, 0) is 17.7 Å². The second-order valence-corrected chi connectivity index (χ2v) is 3.08. The number of ether oxygens (including phenoxy) is 1. The molecular weight excluding hydrogens is 210 g/mol. The van der Waals surface area contributed by atoms with Crippen molar-refractivity contribution in [2.24, 2.45) is 10.9 Å². The van der Waals surface area contributed by atoms with Crippen LogP contribution in [0, 0.1) is 0 Å². The quantitative estimate of drug-likeness (QED) is 0.310. The highest BCUT2D eigenvalue weighted by Crippen LogP contribution is 2.10. The lowest BCUT2D eigenvalue weighted by Crippen LogP contribution is -2.15. The first-order valence-electron chi connectivity index (χ1n) is 4.56. The van der Waals surface area contributed by atoms with Crippen LogP contribution in [0.25, 0.3) is 0 Å². The highest BCUT2D eigenvalue weighted by molar-refractivity contribution is 5.85. The fraction of sp³-hybridized carbons (Fsp3) is 0.200. The van der Waals surface area contributed by atoms with Crippen molar-refractivity contribution in [3.63, 3.8) is 0 Å². The van der Waals surface area contributed by atoms with Gasteiger partial charge in [-0.25, -0.2) is 4.79 Å². The Morgan fingerprint density at radius 1 is 1.50 bits per heavy atom. The van der Waals surface area contributed by atoms with Crippen molar-refractivity contribution < 1.29 is 14.7 Å². The summed E-state index contributed by atoms with van der Waals surface area (Å²) in [5.74, 6) is 0.133. The number of methoxy groups -OCH3 is 1. The predicted octanol–water partition coefficient (Wildman–Crippen LogP) is 1.15. The molecule has 6 nitrogen and oxygen atoms in total. The van der Waals surface area contributed by atoms with E-state index in [1.807, 2.05) is 0 Å². The van der Waals surface area contributed by atoms with E-state index in [1.54, 1.807) is 24.3 Å². The second kappa shape index (κ2) is 5.59. The molecule has 0 aliphatic rings. The Bertz CT molecular complexity index is 387. The van der Waals surface area contributed by atoms with Gasteiger partial charge in [-0.1, -0.05) is 17.3 Å². The van der Waals surface area contributed by atoms with Crippen molar-refractivity contribution in [1.29, 1.82) is 0 Å². The molecule has 0 bridgehead atoms. The highest BCUT2D eigenvalue weighted by atomic mass is 16.5. The second-order valence-electron chi connectivity index (χ2n) is 3.08. The van der Waals surface area contributed by atoms with Gasteiger partial charge in [0.1, 0.15) is 5.84 Å². The van der Waals surface area contributed by atoms with E-state index in [1.165, 1.54) is 7.11 Å². The largest absolute Gasteiger partial charge is 0.453 e. The Hall–Kier alpha value is -2.24. The average molecular weight is 223 g/mol. The minimum absolute atomic E-state index is 0.133. The molecule has 16 heavy (non-hydrogen) atoms. The third-order valence-corrected chi connectivity index (χ3v) is 1.90. The molecule has 4 N–H and O–H groups in total. The summed E-state index contributed by atoms with van der Waals surface area (Å²) in [6, 6.07) is 6.94. The summed E-state index contributed by atoms with van der Waals surface area (Å²) < 4.78 is 4.44. The Labute approximate surface area is 92.7 Å².